The largest absolute Gasteiger partial charge is 0.394 e. The first kappa shape index (κ1) is 22.6. The number of rotatable bonds is 7. The monoisotopic (exact) mass is 464 g/mol. The number of hydrogen-bond donors (Lipinski definition) is 3. The number of fused-ring (bicyclic) bond motifs is 1. The van der Waals surface area contributed by atoms with Crippen LogP contribution in [0.15, 0.2) is 103 Å². The van der Waals surface area contributed by atoms with Crippen LogP contribution < -0.4 is 5.32 Å². The number of benzene rings is 4. The molecule has 1 aromatic heterocycles. The van der Waals surface area contributed by atoms with Crippen molar-refractivity contribution in [1.29, 1.82) is 0 Å². The fourth-order valence-electron chi connectivity index (χ4n) is 4.45. The van der Waals surface area contributed by atoms with Crippen molar-refractivity contribution in [2.75, 3.05) is 6.61 Å². The molecule has 0 radical (unpaired) electrons. The topological polar surface area (TPSA) is 65.1 Å². The highest BCUT2D eigenvalue weighted by Crippen LogP contribution is 2.32. The van der Waals surface area contributed by atoms with Crippen molar-refractivity contribution < 1.29 is 14.3 Å². The smallest absolute Gasteiger partial charge is 0.251 e. The molecule has 1 heterocycles. The van der Waals surface area contributed by atoms with Crippen LogP contribution in [0.3, 0.4) is 0 Å². The minimum Gasteiger partial charge on any atom is -0.394 e. The molecule has 0 aliphatic rings. The molecule has 1 unspecified atom stereocenters. The molecule has 5 heteroatoms. The number of carbonyl (C=O) groups is 1. The first-order chi connectivity index (χ1) is 17.1. The number of aromatic amines is 1. The molecular formula is C30H25FN2O2. The number of aliphatic hydroxyl groups is 1. The number of nitrogens with one attached hydrogen (secondary N) is 2. The van der Waals surface area contributed by atoms with E-state index in [1.54, 1.807) is 18.3 Å². The summed E-state index contributed by atoms with van der Waals surface area (Å²) in [7, 11) is 0. The Morgan fingerprint density at radius 2 is 1.57 bits per heavy atom. The van der Waals surface area contributed by atoms with E-state index in [1.165, 1.54) is 12.1 Å². The van der Waals surface area contributed by atoms with Gasteiger partial charge in [0.05, 0.1) is 12.6 Å². The van der Waals surface area contributed by atoms with Crippen LogP contribution in [-0.2, 0) is 6.42 Å². The Hall–Kier alpha value is -4.22. The molecule has 1 amide bonds. The average molecular weight is 465 g/mol. The van der Waals surface area contributed by atoms with E-state index in [0.717, 1.165) is 38.7 Å². The quantitative estimate of drug-likeness (QED) is 0.278. The van der Waals surface area contributed by atoms with Gasteiger partial charge in [0, 0.05) is 22.7 Å². The van der Waals surface area contributed by atoms with E-state index >= 15 is 0 Å². The zero-order valence-electron chi connectivity index (χ0n) is 19.0. The number of aliphatic hydroxyl groups excluding tert-OH is 1. The first-order valence-electron chi connectivity index (χ1n) is 11.5. The Balaban J connectivity index is 1.38. The Labute approximate surface area is 203 Å². The lowest BCUT2D eigenvalue weighted by molar-refractivity contribution is 0.0916. The van der Waals surface area contributed by atoms with Crippen molar-refractivity contribution >= 4 is 16.8 Å². The zero-order chi connectivity index (χ0) is 24.2. The van der Waals surface area contributed by atoms with Gasteiger partial charge in [-0.2, -0.15) is 0 Å². The molecule has 5 aromatic rings. The van der Waals surface area contributed by atoms with Gasteiger partial charge in [-0.25, -0.2) is 4.39 Å². The molecule has 0 saturated carbocycles. The summed E-state index contributed by atoms with van der Waals surface area (Å²) < 4.78 is 13.7. The van der Waals surface area contributed by atoms with Crippen LogP contribution in [-0.4, -0.2) is 28.6 Å². The fourth-order valence-corrected chi connectivity index (χ4v) is 4.45. The van der Waals surface area contributed by atoms with Crippen LogP contribution in [0.2, 0.25) is 0 Å². The summed E-state index contributed by atoms with van der Waals surface area (Å²) in [6.45, 7) is -0.232. The Morgan fingerprint density at radius 1 is 0.857 bits per heavy atom. The van der Waals surface area contributed by atoms with Gasteiger partial charge in [-0.3, -0.25) is 4.79 Å². The fraction of sp³-hybridized carbons (Fsp3) is 0.100. The van der Waals surface area contributed by atoms with Gasteiger partial charge in [-0.05, 0) is 64.6 Å². The third kappa shape index (κ3) is 4.86. The summed E-state index contributed by atoms with van der Waals surface area (Å²) in [6, 6.07) is 29.8. The third-order valence-corrected chi connectivity index (χ3v) is 6.20. The van der Waals surface area contributed by atoms with Gasteiger partial charge < -0.3 is 15.4 Å². The Kier molecular flexibility index (Phi) is 6.42. The van der Waals surface area contributed by atoms with E-state index in [4.69, 9.17) is 0 Å². The highest BCUT2D eigenvalue weighted by atomic mass is 19.1. The maximum Gasteiger partial charge on any atom is 0.251 e. The van der Waals surface area contributed by atoms with Gasteiger partial charge in [-0.1, -0.05) is 66.7 Å². The van der Waals surface area contributed by atoms with Crippen LogP contribution in [0.25, 0.3) is 33.2 Å². The van der Waals surface area contributed by atoms with Crippen molar-refractivity contribution in [2.24, 2.45) is 0 Å². The van der Waals surface area contributed by atoms with E-state index in [1.807, 2.05) is 54.6 Å². The normalized spacial score (nSPS) is 11.9. The maximum absolute atomic E-state index is 13.7. The van der Waals surface area contributed by atoms with E-state index in [9.17, 15) is 14.3 Å². The van der Waals surface area contributed by atoms with Crippen LogP contribution in [0.1, 0.15) is 15.9 Å². The molecule has 1 atom stereocenters. The second-order valence-corrected chi connectivity index (χ2v) is 8.55. The van der Waals surface area contributed by atoms with E-state index in [-0.39, 0.29) is 18.3 Å². The summed E-state index contributed by atoms with van der Waals surface area (Å²) in [5, 5.41) is 13.6. The van der Waals surface area contributed by atoms with Gasteiger partial charge in [0.15, 0.2) is 0 Å². The van der Waals surface area contributed by atoms with Gasteiger partial charge in [0.1, 0.15) is 5.82 Å². The molecule has 35 heavy (non-hydrogen) atoms. The summed E-state index contributed by atoms with van der Waals surface area (Å²) in [5.74, 6) is -0.593. The average Bonchev–Trinajstić information content (AvgIpc) is 3.30. The molecule has 0 saturated heterocycles. The molecule has 4 nitrogen and oxygen atoms in total. The minimum absolute atomic E-state index is 0.232. The molecule has 0 fully saturated rings. The molecule has 4 aromatic carbocycles. The van der Waals surface area contributed by atoms with Crippen molar-refractivity contribution in [3.05, 3.63) is 120 Å². The highest BCUT2D eigenvalue weighted by molar-refractivity contribution is 5.96. The summed E-state index contributed by atoms with van der Waals surface area (Å²) in [5.41, 5.74) is 6.32. The van der Waals surface area contributed by atoms with Gasteiger partial charge in [-0.15, -0.1) is 0 Å². The zero-order valence-corrected chi connectivity index (χ0v) is 19.0. The van der Waals surface area contributed by atoms with Crippen molar-refractivity contribution in [1.82, 2.24) is 10.3 Å². The van der Waals surface area contributed by atoms with Crippen LogP contribution in [0.4, 0.5) is 4.39 Å². The second kappa shape index (κ2) is 9.95. The van der Waals surface area contributed by atoms with Gasteiger partial charge in [0.2, 0.25) is 0 Å². The lowest BCUT2D eigenvalue weighted by atomic mass is 9.93. The predicted octanol–water partition coefficient (Wildman–Crippen LogP) is 5.97. The van der Waals surface area contributed by atoms with Crippen LogP contribution in [0, 0.1) is 5.82 Å². The lowest BCUT2D eigenvalue weighted by Gasteiger charge is -2.17. The van der Waals surface area contributed by atoms with Gasteiger partial charge >= 0.3 is 0 Å². The van der Waals surface area contributed by atoms with Gasteiger partial charge in [0.25, 0.3) is 5.91 Å². The number of aromatic nitrogens is 1. The van der Waals surface area contributed by atoms with Crippen molar-refractivity contribution in [2.45, 2.75) is 12.5 Å². The Morgan fingerprint density at radius 3 is 2.34 bits per heavy atom. The molecule has 174 valence electrons. The molecule has 0 spiro atoms. The molecule has 0 aliphatic carbocycles. The third-order valence-electron chi connectivity index (χ3n) is 6.20. The lowest BCUT2D eigenvalue weighted by Crippen LogP contribution is -2.39. The SMILES string of the molecule is O=C(NC(CO)Cc1c[nH]c2ccc(F)cc12)c1cccc(-c2ccccc2-c2ccccc2)c1. The Bertz CT molecular complexity index is 1480. The van der Waals surface area contributed by atoms with E-state index in [0.29, 0.717) is 12.0 Å². The maximum atomic E-state index is 13.7. The van der Waals surface area contributed by atoms with Crippen LogP contribution >= 0.6 is 0 Å². The highest BCUT2D eigenvalue weighted by Gasteiger charge is 2.17. The summed E-state index contributed by atoms with van der Waals surface area (Å²) in [4.78, 5) is 16.2. The number of amides is 1. The van der Waals surface area contributed by atoms with E-state index in [2.05, 4.69) is 28.5 Å². The number of halogens is 1. The predicted molar refractivity (Wildman–Crippen MR) is 138 cm³/mol. The summed E-state index contributed by atoms with van der Waals surface area (Å²) in [6.07, 6.45) is 2.17. The first-order valence-corrected chi connectivity index (χ1v) is 11.5. The standard InChI is InChI=1S/C30H25FN2O2/c31-24-13-14-29-28(17-24)23(18-32-29)16-25(19-34)33-30(35)22-10-6-9-21(15-22)27-12-5-4-11-26(27)20-7-2-1-3-8-20/h1-15,17-18,25,32,34H,16,19H2,(H,33,35). The molecule has 0 bridgehead atoms. The molecule has 3 N–H and O–H groups in total. The van der Waals surface area contributed by atoms with Crippen molar-refractivity contribution in [3.8, 4) is 22.3 Å². The summed E-state index contributed by atoms with van der Waals surface area (Å²) >= 11 is 0. The number of H-pyrrole nitrogens is 1. The number of hydrogen-bond acceptors (Lipinski definition) is 2. The second-order valence-electron chi connectivity index (χ2n) is 8.55. The minimum atomic E-state index is -0.509. The number of carbonyl (C=O) groups excluding carboxylic acids is 1. The van der Waals surface area contributed by atoms with Crippen molar-refractivity contribution in [3.63, 3.8) is 0 Å². The van der Waals surface area contributed by atoms with E-state index < -0.39 is 6.04 Å². The molecule has 0 aliphatic heterocycles. The van der Waals surface area contributed by atoms with Crippen LogP contribution in [0.5, 0.6) is 0 Å². The molecule has 5 rings (SSSR count). The molecular weight excluding hydrogens is 439 g/mol.